The van der Waals surface area contributed by atoms with Crippen molar-refractivity contribution >= 4 is 5.97 Å². The molecule has 0 radical (unpaired) electrons. The minimum Gasteiger partial charge on any atom is -0.464 e. The van der Waals surface area contributed by atoms with E-state index in [-0.39, 0.29) is 5.97 Å². The fraction of sp³-hybridized carbons (Fsp3) is 0.588. The zero-order chi connectivity index (χ0) is 14.8. The number of carbonyl (C=O) groups is 1. The highest BCUT2D eigenvalue weighted by molar-refractivity contribution is 5.75. The Kier molecular flexibility index (Phi) is 7.97. The Bertz CT molecular complexity index is 378. The fourth-order valence-corrected chi connectivity index (χ4v) is 2.16. The molecule has 0 amide bonds. The van der Waals surface area contributed by atoms with Gasteiger partial charge in [-0.1, -0.05) is 63.4 Å². The molecule has 0 bridgehead atoms. The van der Waals surface area contributed by atoms with E-state index in [1.807, 2.05) is 30.3 Å². The maximum Gasteiger partial charge on any atom is 0.323 e. The van der Waals surface area contributed by atoms with Crippen LogP contribution in [0.15, 0.2) is 30.3 Å². The molecule has 0 saturated carbocycles. The average Bonchev–Trinajstić information content (AvgIpc) is 2.48. The van der Waals surface area contributed by atoms with Gasteiger partial charge in [0.1, 0.15) is 6.04 Å². The molecule has 1 aromatic rings. The predicted octanol–water partition coefficient (Wildman–Crippen LogP) is 3.32. The molecule has 3 nitrogen and oxygen atoms in total. The van der Waals surface area contributed by atoms with Crippen LogP contribution in [0.5, 0.6) is 0 Å². The van der Waals surface area contributed by atoms with Gasteiger partial charge in [-0.15, -0.1) is 0 Å². The van der Waals surface area contributed by atoms with Crippen molar-refractivity contribution in [2.45, 2.75) is 52.0 Å². The van der Waals surface area contributed by atoms with Crippen molar-refractivity contribution in [2.75, 3.05) is 6.61 Å². The Hall–Kier alpha value is -1.35. The molecule has 0 aliphatic heterocycles. The van der Waals surface area contributed by atoms with Gasteiger partial charge < -0.3 is 10.5 Å². The normalized spacial score (nSPS) is 13.8. The first-order valence-electron chi connectivity index (χ1n) is 7.63. The molecule has 0 fully saturated rings. The zero-order valence-corrected chi connectivity index (χ0v) is 12.7. The number of benzene rings is 1. The Morgan fingerprint density at radius 2 is 1.95 bits per heavy atom. The highest BCUT2D eigenvalue weighted by Crippen LogP contribution is 2.13. The molecule has 0 heterocycles. The maximum absolute atomic E-state index is 11.9. The Morgan fingerprint density at radius 1 is 1.25 bits per heavy atom. The summed E-state index contributed by atoms with van der Waals surface area (Å²) in [6.07, 6.45) is 5.06. The lowest BCUT2D eigenvalue weighted by Crippen LogP contribution is -2.35. The van der Waals surface area contributed by atoms with Crippen LogP contribution in [0.3, 0.4) is 0 Å². The van der Waals surface area contributed by atoms with E-state index in [0.29, 0.717) is 18.9 Å². The lowest BCUT2D eigenvalue weighted by atomic mass is 10.0. The first-order chi connectivity index (χ1) is 9.67. The van der Waals surface area contributed by atoms with Gasteiger partial charge in [0.05, 0.1) is 6.61 Å². The summed E-state index contributed by atoms with van der Waals surface area (Å²) in [5.41, 5.74) is 6.97. The number of esters is 1. The molecule has 0 aliphatic carbocycles. The van der Waals surface area contributed by atoms with Crippen LogP contribution in [0.2, 0.25) is 0 Å². The standard InChI is InChI=1S/C17H27NO2/c1-3-5-9-14(4-2)13-20-17(19)16(18)12-15-10-7-6-8-11-15/h6-8,10-11,14,16H,3-5,9,12-13,18H2,1-2H3/t14?,16-/m0/s1. The predicted molar refractivity (Wildman–Crippen MR) is 82.4 cm³/mol. The molecule has 112 valence electrons. The number of nitrogens with two attached hydrogens (primary N) is 1. The molecule has 0 aliphatic rings. The molecule has 3 heteroatoms. The summed E-state index contributed by atoms with van der Waals surface area (Å²) in [6, 6.07) is 9.23. The summed E-state index contributed by atoms with van der Waals surface area (Å²) in [5.74, 6) is 0.173. The van der Waals surface area contributed by atoms with E-state index >= 15 is 0 Å². The van der Waals surface area contributed by atoms with Crippen LogP contribution in [0.4, 0.5) is 0 Å². The third-order valence-electron chi connectivity index (χ3n) is 3.61. The van der Waals surface area contributed by atoms with Crippen molar-refractivity contribution in [3.63, 3.8) is 0 Å². The summed E-state index contributed by atoms with van der Waals surface area (Å²) in [7, 11) is 0. The minimum atomic E-state index is -0.568. The second kappa shape index (κ2) is 9.54. The van der Waals surface area contributed by atoms with Gasteiger partial charge in [-0.25, -0.2) is 0 Å². The van der Waals surface area contributed by atoms with Crippen molar-refractivity contribution < 1.29 is 9.53 Å². The Morgan fingerprint density at radius 3 is 2.55 bits per heavy atom. The summed E-state index contributed by atoms with van der Waals surface area (Å²) in [4.78, 5) is 11.9. The highest BCUT2D eigenvalue weighted by atomic mass is 16.5. The SMILES string of the molecule is CCCCC(CC)COC(=O)[C@@H](N)Cc1ccccc1. The van der Waals surface area contributed by atoms with E-state index in [0.717, 1.165) is 18.4 Å². The van der Waals surface area contributed by atoms with Gasteiger partial charge in [0.2, 0.25) is 0 Å². The molecule has 1 rings (SSSR count). The van der Waals surface area contributed by atoms with Crippen LogP contribution in [-0.4, -0.2) is 18.6 Å². The van der Waals surface area contributed by atoms with Gasteiger partial charge in [0.25, 0.3) is 0 Å². The van der Waals surface area contributed by atoms with Crippen molar-refractivity contribution in [3.05, 3.63) is 35.9 Å². The molecule has 0 aromatic heterocycles. The third kappa shape index (κ3) is 6.20. The second-order valence-corrected chi connectivity index (χ2v) is 5.34. The first-order valence-corrected chi connectivity index (χ1v) is 7.63. The van der Waals surface area contributed by atoms with E-state index < -0.39 is 6.04 Å². The van der Waals surface area contributed by atoms with E-state index in [9.17, 15) is 4.79 Å². The molecule has 0 saturated heterocycles. The summed E-state index contributed by atoms with van der Waals surface area (Å²) in [5, 5.41) is 0. The molecule has 2 N–H and O–H groups in total. The number of hydrogen-bond acceptors (Lipinski definition) is 3. The number of unbranched alkanes of at least 4 members (excludes halogenated alkanes) is 1. The lowest BCUT2D eigenvalue weighted by molar-refractivity contribution is -0.146. The maximum atomic E-state index is 11.9. The molecular weight excluding hydrogens is 250 g/mol. The van der Waals surface area contributed by atoms with Gasteiger partial charge in [0, 0.05) is 0 Å². The third-order valence-corrected chi connectivity index (χ3v) is 3.61. The van der Waals surface area contributed by atoms with Crippen LogP contribution in [0.25, 0.3) is 0 Å². The van der Waals surface area contributed by atoms with Crippen LogP contribution in [0.1, 0.15) is 45.1 Å². The highest BCUT2D eigenvalue weighted by Gasteiger charge is 2.17. The number of hydrogen-bond donors (Lipinski definition) is 1. The second-order valence-electron chi connectivity index (χ2n) is 5.34. The summed E-state index contributed by atoms with van der Waals surface area (Å²) in [6.45, 7) is 4.81. The van der Waals surface area contributed by atoms with Crippen LogP contribution < -0.4 is 5.73 Å². The van der Waals surface area contributed by atoms with E-state index in [2.05, 4.69) is 13.8 Å². The van der Waals surface area contributed by atoms with Crippen LogP contribution in [0, 0.1) is 5.92 Å². The molecular formula is C17H27NO2. The van der Waals surface area contributed by atoms with Gasteiger partial charge in [-0.2, -0.15) is 0 Å². The number of ether oxygens (including phenoxy) is 1. The molecule has 20 heavy (non-hydrogen) atoms. The van der Waals surface area contributed by atoms with E-state index in [4.69, 9.17) is 10.5 Å². The lowest BCUT2D eigenvalue weighted by Gasteiger charge is -2.17. The van der Waals surface area contributed by atoms with Gasteiger partial charge in [0.15, 0.2) is 0 Å². The number of rotatable bonds is 9. The van der Waals surface area contributed by atoms with Gasteiger partial charge >= 0.3 is 5.97 Å². The Balaban J connectivity index is 2.34. The smallest absolute Gasteiger partial charge is 0.323 e. The average molecular weight is 277 g/mol. The molecule has 2 atom stereocenters. The van der Waals surface area contributed by atoms with Crippen molar-refractivity contribution in [3.8, 4) is 0 Å². The van der Waals surface area contributed by atoms with Crippen LogP contribution >= 0.6 is 0 Å². The fourth-order valence-electron chi connectivity index (χ4n) is 2.16. The van der Waals surface area contributed by atoms with Gasteiger partial charge in [-0.3, -0.25) is 4.79 Å². The largest absolute Gasteiger partial charge is 0.464 e. The number of carbonyl (C=O) groups excluding carboxylic acids is 1. The van der Waals surface area contributed by atoms with E-state index in [1.165, 1.54) is 12.8 Å². The Labute approximate surface area is 122 Å². The van der Waals surface area contributed by atoms with Crippen molar-refractivity contribution in [1.29, 1.82) is 0 Å². The monoisotopic (exact) mass is 277 g/mol. The summed E-state index contributed by atoms with van der Waals surface area (Å²) >= 11 is 0. The van der Waals surface area contributed by atoms with Crippen molar-refractivity contribution in [2.24, 2.45) is 11.7 Å². The quantitative estimate of drug-likeness (QED) is 0.704. The minimum absolute atomic E-state index is 0.288. The van der Waals surface area contributed by atoms with E-state index in [1.54, 1.807) is 0 Å². The molecule has 1 aromatic carbocycles. The van der Waals surface area contributed by atoms with Gasteiger partial charge in [-0.05, 0) is 24.3 Å². The van der Waals surface area contributed by atoms with Crippen LogP contribution in [-0.2, 0) is 16.0 Å². The van der Waals surface area contributed by atoms with Crippen molar-refractivity contribution in [1.82, 2.24) is 0 Å². The zero-order valence-electron chi connectivity index (χ0n) is 12.7. The molecule has 0 spiro atoms. The first kappa shape index (κ1) is 16.7. The summed E-state index contributed by atoms with van der Waals surface area (Å²) < 4.78 is 5.36. The molecule has 1 unspecified atom stereocenters. The topological polar surface area (TPSA) is 52.3 Å².